The summed E-state index contributed by atoms with van der Waals surface area (Å²) in [4.78, 5) is 20.2. The molecule has 2 unspecified atom stereocenters. The number of aromatic nitrogens is 2. The lowest BCUT2D eigenvalue weighted by Gasteiger charge is -2.35. The number of fused-ring (bicyclic) bond motifs is 3. The van der Waals surface area contributed by atoms with Gasteiger partial charge in [-0.1, -0.05) is 19.0 Å². The first-order valence-electron chi connectivity index (χ1n) is 10.3. The molecule has 3 fully saturated rings. The van der Waals surface area contributed by atoms with Crippen molar-refractivity contribution in [2.75, 3.05) is 7.05 Å². The van der Waals surface area contributed by atoms with Gasteiger partial charge in [-0.2, -0.15) is 0 Å². The smallest absolute Gasteiger partial charge is 0.259 e. The van der Waals surface area contributed by atoms with Gasteiger partial charge in [0.25, 0.3) is 11.6 Å². The van der Waals surface area contributed by atoms with E-state index in [-0.39, 0.29) is 11.8 Å². The van der Waals surface area contributed by atoms with E-state index in [1.54, 1.807) is 0 Å². The molecule has 6 heteroatoms. The minimum absolute atomic E-state index is 0.0840. The summed E-state index contributed by atoms with van der Waals surface area (Å²) in [6.45, 7) is 4.16. The molecule has 5 rings (SSSR count). The van der Waals surface area contributed by atoms with E-state index in [0.717, 1.165) is 48.0 Å². The number of nitrogens with one attached hydrogen (secondary N) is 1. The molecule has 2 atom stereocenters. The molecule has 1 N–H and O–H groups in total. The highest BCUT2D eigenvalue weighted by molar-refractivity contribution is 6.06. The van der Waals surface area contributed by atoms with Gasteiger partial charge in [-0.05, 0) is 50.5 Å². The van der Waals surface area contributed by atoms with Gasteiger partial charge in [0.1, 0.15) is 0 Å². The minimum atomic E-state index is 0.0840. The first kappa shape index (κ1) is 17.2. The van der Waals surface area contributed by atoms with E-state index in [1.165, 1.54) is 12.8 Å². The maximum atomic E-state index is 13.6. The predicted octanol–water partition coefficient (Wildman–Crippen LogP) is 3.58. The molecule has 0 spiro atoms. The number of amides is 1. The maximum absolute atomic E-state index is 13.6. The van der Waals surface area contributed by atoms with Crippen LogP contribution in [0.3, 0.4) is 0 Å². The molecule has 2 bridgehead atoms. The molecular formula is C21H28N4O2. The Kier molecular flexibility index (Phi) is 4.00. The molecule has 27 heavy (non-hydrogen) atoms. The average molecular weight is 368 g/mol. The number of hydrogen-bond acceptors (Lipinski definition) is 5. The lowest BCUT2D eigenvalue weighted by Crippen LogP contribution is -2.48. The summed E-state index contributed by atoms with van der Waals surface area (Å²) in [5.41, 5.74) is 3.06. The summed E-state index contributed by atoms with van der Waals surface area (Å²) < 4.78 is 5.55. The lowest BCUT2D eigenvalue weighted by atomic mass is 9.96. The fourth-order valence-electron chi connectivity index (χ4n) is 4.84. The quantitative estimate of drug-likeness (QED) is 0.893. The lowest BCUT2D eigenvalue weighted by molar-refractivity contribution is 0.0683. The van der Waals surface area contributed by atoms with Crippen molar-refractivity contribution >= 4 is 17.0 Å². The van der Waals surface area contributed by atoms with E-state index in [4.69, 9.17) is 4.52 Å². The van der Waals surface area contributed by atoms with E-state index in [0.29, 0.717) is 29.8 Å². The van der Waals surface area contributed by atoms with Crippen molar-refractivity contribution in [1.29, 1.82) is 0 Å². The fourth-order valence-corrected chi connectivity index (χ4v) is 4.84. The number of nitrogens with zero attached hydrogens (tertiary/aromatic N) is 3. The van der Waals surface area contributed by atoms with E-state index in [1.807, 2.05) is 18.0 Å². The summed E-state index contributed by atoms with van der Waals surface area (Å²) in [6.07, 6.45) is 6.84. The van der Waals surface area contributed by atoms with Gasteiger partial charge in [-0.15, -0.1) is 0 Å². The average Bonchev–Trinajstić information content (AvgIpc) is 3.34. The van der Waals surface area contributed by atoms with E-state index < -0.39 is 0 Å². The molecule has 4 heterocycles. The minimum Gasteiger partial charge on any atom is -0.339 e. The molecule has 1 aliphatic carbocycles. The van der Waals surface area contributed by atoms with Crippen molar-refractivity contribution < 1.29 is 9.32 Å². The van der Waals surface area contributed by atoms with Crippen molar-refractivity contribution in [2.45, 2.75) is 82.3 Å². The van der Waals surface area contributed by atoms with Gasteiger partial charge in [0.2, 0.25) is 0 Å². The van der Waals surface area contributed by atoms with Crippen molar-refractivity contribution in [3.63, 3.8) is 0 Å². The molecule has 6 nitrogen and oxygen atoms in total. The topological polar surface area (TPSA) is 71.3 Å². The molecule has 2 saturated heterocycles. The van der Waals surface area contributed by atoms with Crippen LogP contribution in [0.2, 0.25) is 0 Å². The Hall–Kier alpha value is -1.95. The van der Waals surface area contributed by atoms with E-state index >= 15 is 0 Å². The molecule has 1 saturated carbocycles. The van der Waals surface area contributed by atoms with Crippen LogP contribution in [0.4, 0.5) is 0 Å². The Morgan fingerprint density at radius 1 is 1.22 bits per heavy atom. The Morgan fingerprint density at radius 3 is 2.56 bits per heavy atom. The molecule has 144 valence electrons. The van der Waals surface area contributed by atoms with Gasteiger partial charge in [0.05, 0.1) is 16.6 Å². The molecule has 2 aromatic rings. The summed E-state index contributed by atoms with van der Waals surface area (Å²) in [5.74, 6) is 0.737. The van der Waals surface area contributed by atoms with Crippen molar-refractivity contribution in [2.24, 2.45) is 0 Å². The second kappa shape index (κ2) is 6.30. The van der Waals surface area contributed by atoms with Gasteiger partial charge in [-0.3, -0.25) is 4.79 Å². The van der Waals surface area contributed by atoms with Gasteiger partial charge in [-0.25, -0.2) is 4.98 Å². The summed E-state index contributed by atoms with van der Waals surface area (Å²) in [5, 5.41) is 8.72. The highest BCUT2D eigenvalue weighted by Crippen LogP contribution is 2.41. The van der Waals surface area contributed by atoms with Gasteiger partial charge < -0.3 is 14.7 Å². The first-order chi connectivity index (χ1) is 13.0. The highest BCUT2D eigenvalue weighted by atomic mass is 16.5. The summed E-state index contributed by atoms with van der Waals surface area (Å²) >= 11 is 0. The van der Waals surface area contributed by atoms with E-state index in [9.17, 15) is 4.79 Å². The Labute approximate surface area is 159 Å². The number of hydrogen-bond donors (Lipinski definition) is 1. The molecule has 2 aromatic heterocycles. The van der Waals surface area contributed by atoms with Crippen LogP contribution >= 0.6 is 0 Å². The molecule has 3 aliphatic rings. The SMILES string of the molecule is CC(C)c1noc2nc(C3CC3)cc(C(=O)N(C)C3CC4CCC(C3)N4)c12. The number of carbonyl (C=O) groups excluding carboxylic acids is 1. The predicted molar refractivity (Wildman–Crippen MR) is 103 cm³/mol. The summed E-state index contributed by atoms with van der Waals surface area (Å²) in [6, 6.07) is 3.43. The second-order valence-electron chi connectivity index (χ2n) is 8.95. The zero-order chi connectivity index (χ0) is 18.7. The molecule has 2 aliphatic heterocycles. The van der Waals surface area contributed by atoms with Crippen molar-refractivity contribution in [1.82, 2.24) is 20.4 Å². The van der Waals surface area contributed by atoms with Crippen LogP contribution in [0.25, 0.3) is 11.1 Å². The van der Waals surface area contributed by atoms with Crippen LogP contribution in [-0.4, -0.2) is 46.1 Å². The zero-order valence-electron chi connectivity index (χ0n) is 16.4. The van der Waals surface area contributed by atoms with Gasteiger partial charge in [0.15, 0.2) is 0 Å². The van der Waals surface area contributed by atoms with Crippen LogP contribution < -0.4 is 5.32 Å². The Morgan fingerprint density at radius 2 is 1.93 bits per heavy atom. The van der Waals surface area contributed by atoms with Crippen LogP contribution in [-0.2, 0) is 0 Å². The molecule has 1 amide bonds. The van der Waals surface area contributed by atoms with Crippen LogP contribution in [0.1, 0.15) is 86.0 Å². The summed E-state index contributed by atoms with van der Waals surface area (Å²) in [7, 11) is 1.96. The third-order valence-electron chi connectivity index (χ3n) is 6.58. The molecular weight excluding hydrogens is 340 g/mol. The number of pyridine rings is 1. The normalized spacial score (nSPS) is 27.5. The molecule has 0 radical (unpaired) electrons. The zero-order valence-corrected chi connectivity index (χ0v) is 16.4. The maximum Gasteiger partial charge on any atom is 0.259 e. The number of carbonyl (C=O) groups is 1. The van der Waals surface area contributed by atoms with Gasteiger partial charge >= 0.3 is 0 Å². The Balaban J connectivity index is 1.53. The van der Waals surface area contributed by atoms with E-state index in [2.05, 4.69) is 29.3 Å². The van der Waals surface area contributed by atoms with Crippen molar-refractivity contribution in [3.8, 4) is 0 Å². The third kappa shape index (κ3) is 2.94. The fraction of sp³-hybridized carbons (Fsp3) is 0.667. The second-order valence-corrected chi connectivity index (χ2v) is 8.95. The third-order valence-corrected chi connectivity index (χ3v) is 6.58. The first-order valence-corrected chi connectivity index (χ1v) is 10.3. The van der Waals surface area contributed by atoms with Crippen LogP contribution in [0, 0.1) is 0 Å². The van der Waals surface area contributed by atoms with Crippen LogP contribution in [0.5, 0.6) is 0 Å². The highest BCUT2D eigenvalue weighted by Gasteiger charge is 2.37. The molecule has 0 aromatic carbocycles. The standard InChI is InChI=1S/C21H28N4O2/c1-11(2)19-18-16(10-17(12-4-5-12)23-20(18)27-24-19)21(26)25(3)15-8-13-6-7-14(9-15)22-13/h10-15,22H,4-9H2,1-3H3. The Bertz CT molecular complexity index is 874. The van der Waals surface area contributed by atoms with Crippen LogP contribution in [0.15, 0.2) is 10.6 Å². The number of rotatable bonds is 4. The van der Waals surface area contributed by atoms with Crippen molar-refractivity contribution in [3.05, 3.63) is 23.0 Å². The number of piperidine rings is 1. The van der Waals surface area contributed by atoms with Gasteiger partial charge in [0, 0.05) is 36.8 Å². The largest absolute Gasteiger partial charge is 0.339 e. The monoisotopic (exact) mass is 368 g/mol.